The number of unbranched alkanes of at least 4 members (excludes halogenated alkanes) is 1. The van der Waals surface area contributed by atoms with Crippen molar-refractivity contribution in [2.75, 3.05) is 6.61 Å². The minimum Gasteiger partial charge on any atom is -0.463 e. The first kappa shape index (κ1) is 12.3. The molecular formula is C13H22O2. The van der Waals surface area contributed by atoms with Crippen LogP contribution in [0.4, 0.5) is 0 Å². The molecule has 86 valence electrons. The third-order valence-corrected chi connectivity index (χ3v) is 2.98. The molecule has 1 aliphatic rings. The fourth-order valence-electron chi connectivity index (χ4n) is 2.16. The van der Waals surface area contributed by atoms with E-state index >= 15 is 0 Å². The predicted octanol–water partition coefficient (Wildman–Crippen LogP) is 3.47. The number of allylic oxidation sites excluding steroid dienone is 1. The highest BCUT2D eigenvalue weighted by atomic mass is 16.5. The number of rotatable bonds is 5. The number of hydrogen-bond acceptors (Lipinski definition) is 2. The molecule has 0 fully saturated rings. The summed E-state index contributed by atoms with van der Waals surface area (Å²) >= 11 is 0. The van der Waals surface area contributed by atoms with E-state index in [0.717, 1.165) is 24.8 Å². The second kappa shape index (κ2) is 6.65. The molecule has 1 atom stereocenters. The average Bonchev–Trinajstić information content (AvgIpc) is 2.27. The van der Waals surface area contributed by atoms with Gasteiger partial charge < -0.3 is 4.74 Å². The number of hydrogen-bond donors (Lipinski definition) is 0. The van der Waals surface area contributed by atoms with Crippen LogP contribution >= 0.6 is 0 Å². The van der Waals surface area contributed by atoms with Crippen LogP contribution in [0, 0.1) is 5.92 Å². The molecule has 0 aromatic rings. The van der Waals surface area contributed by atoms with Gasteiger partial charge in [-0.05, 0) is 38.5 Å². The first-order valence-electron chi connectivity index (χ1n) is 6.16. The largest absolute Gasteiger partial charge is 0.463 e. The van der Waals surface area contributed by atoms with Crippen LogP contribution in [0.1, 0.15) is 52.4 Å². The minimum absolute atomic E-state index is 0.0849. The van der Waals surface area contributed by atoms with Crippen molar-refractivity contribution in [2.24, 2.45) is 5.92 Å². The molecule has 15 heavy (non-hydrogen) atoms. The van der Waals surface area contributed by atoms with Gasteiger partial charge in [0.2, 0.25) is 0 Å². The molecule has 0 N–H and O–H groups in total. The van der Waals surface area contributed by atoms with Crippen molar-refractivity contribution >= 4 is 5.97 Å². The first-order valence-corrected chi connectivity index (χ1v) is 6.16. The SMILES string of the molecule is CCCCC1CCCC=C1C(=O)OCC. The molecule has 0 aromatic heterocycles. The summed E-state index contributed by atoms with van der Waals surface area (Å²) in [5.41, 5.74) is 0.941. The van der Waals surface area contributed by atoms with E-state index in [-0.39, 0.29) is 5.97 Å². The minimum atomic E-state index is -0.0849. The van der Waals surface area contributed by atoms with Crippen molar-refractivity contribution in [1.82, 2.24) is 0 Å². The number of esters is 1. The second-order valence-corrected chi connectivity index (χ2v) is 4.15. The standard InChI is InChI=1S/C13H22O2/c1-3-5-8-11-9-6-7-10-12(11)13(14)15-4-2/h10-11H,3-9H2,1-2H3. The van der Waals surface area contributed by atoms with Gasteiger partial charge in [-0.25, -0.2) is 4.79 Å². The molecule has 0 bridgehead atoms. The van der Waals surface area contributed by atoms with Gasteiger partial charge in [0.05, 0.1) is 6.61 Å². The Morgan fingerprint density at radius 2 is 2.33 bits per heavy atom. The van der Waals surface area contributed by atoms with Crippen molar-refractivity contribution in [2.45, 2.75) is 52.4 Å². The Bertz CT molecular complexity index is 231. The van der Waals surface area contributed by atoms with Crippen LogP contribution in [0.2, 0.25) is 0 Å². The van der Waals surface area contributed by atoms with Crippen molar-refractivity contribution < 1.29 is 9.53 Å². The predicted molar refractivity (Wildman–Crippen MR) is 61.6 cm³/mol. The van der Waals surface area contributed by atoms with Gasteiger partial charge in [0.1, 0.15) is 0 Å². The highest BCUT2D eigenvalue weighted by Gasteiger charge is 2.23. The molecular weight excluding hydrogens is 188 g/mol. The number of carbonyl (C=O) groups excluding carboxylic acids is 1. The molecule has 0 radical (unpaired) electrons. The van der Waals surface area contributed by atoms with E-state index in [0.29, 0.717) is 12.5 Å². The molecule has 0 aliphatic heterocycles. The molecule has 1 unspecified atom stereocenters. The van der Waals surface area contributed by atoms with Crippen LogP contribution in [0.15, 0.2) is 11.6 Å². The van der Waals surface area contributed by atoms with Gasteiger partial charge in [-0.15, -0.1) is 0 Å². The Hall–Kier alpha value is -0.790. The van der Waals surface area contributed by atoms with Gasteiger partial charge in [-0.3, -0.25) is 0 Å². The smallest absolute Gasteiger partial charge is 0.333 e. The van der Waals surface area contributed by atoms with Gasteiger partial charge in [0.15, 0.2) is 0 Å². The molecule has 2 nitrogen and oxygen atoms in total. The molecule has 1 rings (SSSR count). The zero-order valence-electron chi connectivity index (χ0n) is 9.92. The summed E-state index contributed by atoms with van der Waals surface area (Å²) in [5, 5.41) is 0. The Morgan fingerprint density at radius 1 is 1.53 bits per heavy atom. The van der Waals surface area contributed by atoms with E-state index in [1.807, 2.05) is 6.92 Å². The maximum Gasteiger partial charge on any atom is 0.333 e. The maximum absolute atomic E-state index is 11.7. The first-order chi connectivity index (χ1) is 7.29. The summed E-state index contributed by atoms with van der Waals surface area (Å²) < 4.78 is 5.08. The van der Waals surface area contributed by atoms with Gasteiger partial charge in [-0.2, -0.15) is 0 Å². The van der Waals surface area contributed by atoms with E-state index in [4.69, 9.17) is 4.74 Å². The highest BCUT2D eigenvalue weighted by Crippen LogP contribution is 2.29. The van der Waals surface area contributed by atoms with Gasteiger partial charge >= 0.3 is 5.97 Å². The Labute approximate surface area is 92.7 Å². The average molecular weight is 210 g/mol. The lowest BCUT2D eigenvalue weighted by molar-refractivity contribution is -0.139. The highest BCUT2D eigenvalue weighted by molar-refractivity contribution is 5.89. The lowest BCUT2D eigenvalue weighted by Gasteiger charge is -2.22. The van der Waals surface area contributed by atoms with Gasteiger partial charge in [0, 0.05) is 5.57 Å². The number of carbonyl (C=O) groups is 1. The van der Waals surface area contributed by atoms with E-state index in [9.17, 15) is 4.79 Å². The summed E-state index contributed by atoms with van der Waals surface area (Å²) in [7, 11) is 0. The zero-order chi connectivity index (χ0) is 11.1. The Morgan fingerprint density at radius 3 is 3.00 bits per heavy atom. The fourth-order valence-corrected chi connectivity index (χ4v) is 2.16. The van der Waals surface area contributed by atoms with Gasteiger partial charge in [0.25, 0.3) is 0 Å². The van der Waals surface area contributed by atoms with Crippen LogP contribution in [0.5, 0.6) is 0 Å². The van der Waals surface area contributed by atoms with Crippen molar-refractivity contribution in [3.05, 3.63) is 11.6 Å². The summed E-state index contributed by atoms with van der Waals surface area (Å²) in [5.74, 6) is 0.371. The molecule has 0 heterocycles. The van der Waals surface area contributed by atoms with E-state index < -0.39 is 0 Å². The van der Waals surface area contributed by atoms with Crippen molar-refractivity contribution in [1.29, 1.82) is 0 Å². The van der Waals surface area contributed by atoms with Crippen LogP contribution in [-0.2, 0) is 9.53 Å². The third kappa shape index (κ3) is 3.69. The van der Waals surface area contributed by atoms with Crippen LogP contribution in [-0.4, -0.2) is 12.6 Å². The fraction of sp³-hybridized carbons (Fsp3) is 0.769. The Balaban J connectivity index is 2.56. The molecule has 0 saturated heterocycles. The van der Waals surface area contributed by atoms with Crippen LogP contribution in [0.3, 0.4) is 0 Å². The lowest BCUT2D eigenvalue weighted by Crippen LogP contribution is -2.18. The third-order valence-electron chi connectivity index (χ3n) is 2.98. The van der Waals surface area contributed by atoms with E-state index in [1.54, 1.807) is 0 Å². The molecule has 0 aromatic carbocycles. The zero-order valence-corrected chi connectivity index (χ0v) is 9.92. The molecule has 0 amide bonds. The van der Waals surface area contributed by atoms with Crippen LogP contribution < -0.4 is 0 Å². The van der Waals surface area contributed by atoms with Crippen molar-refractivity contribution in [3.63, 3.8) is 0 Å². The lowest BCUT2D eigenvalue weighted by atomic mass is 9.84. The summed E-state index contributed by atoms with van der Waals surface area (Å²) in [6, 6.07) is 0. The maximum atomic E-state index is 11.7. The summed E-state index contributed by atoms with van der Waals surface area (Å²) in [6.45, 7) is 4.54. The molecule has 2 heteroatoms. The Kier molecular flexibility index (Phi) is 5.44. The van der Waals surface area contributed by atoms with Gasteiger partial charge in [-0.1, -0.05) is 25.8 Å². The molecule has 0 spiro atoms. The second-order valence-electron chi connectivity index (χ2n) is 4.15. The molecule has 0 saturated carbocycles. The van der Waals surface area contributed by atoms with E-state index in [1.165, 1.54) is 19.3 Å². The van der Waals surface area contributed by atoms with Crippen molar-refractivity contribution in [3.8, 4) is 0 Å². The van der Waals surface area contributed by atoms with E-state index in [2.05, 4.69) is 13.0 Å². The summed E-state index contributed by atoms with van der Waals surface area (Å²) in [4.78, 5) is 11.7. The quantitative estimate of drug-likeness (QED) is 0.649. The summed E-state index contributed by atoms with van der Waals surface area (Å²) in [6.07, 6.45) is 9.05. The monoisotopic (exact) mass is 210 g/mol. The number of ether oxygens (including phenoxy) is 1. The molecule has 1 aliphatic carbocycles. The normalized spacial score (nSPS) is 20.9. The topological polar surface area (TPSA) is 26.3 Å². The van der Waals surface area contributed by atoms with Crippen LogP contribution in [0.25, 0.3) is 0 Å².